The van der Waals surface area contributed by atoms with Gasteiger partial charge in [0.25, 0.3) is 10.0 Å². The number of benzene rings is 3. The molecule has 30 heavy (non-hydrogen) atoms. The number of hydrogen-bond donors (Lipinski definition) is 1. The average molecular weight is 445 g/mol. The van der Waals surface area contributed by atoms with Crippen molar-refractivity contribution in [2.24, 2.45) is 0 Å². The predicted molar refractivity (Wildman–Crippen MR) is 119 cm³/mol. The van der Waals surface area contributed by atoms with Crippen molar-refractivity contribution in [1.29, 1.82) is 0 Å². The molecule has 0 fully saturated rings. The van der Waals surface area contributed by atoms with Crippen LogP contribution >= 0.6 is 11.6 Å². The van der Waals surface area contributed by atoms with Gasteiger partial charge in [0.2, 0.25) is 5.91 Å². The van der Waals surface area contributed by atoms with Crippen LogP contribution in [-0.2, 0) is 14.8 Å². The standard InChI is InChI=1S/C22H21ClN2O4S/c1-16-8-9-17(23)14-21(16)24-22(26)15-25(18-10-12-19(29-2)13-11-18)30(27,28)20-6-4-3-5-7-20/h3-14H,15H2,1-2H3,(H,24,26). The number of nitrogens with one attached hydrogen (secondary N) is 1. The fraction of sp³-hybridized carbons (Fsp3) is 0.136. The molecule has 0 unspecified atom stereocenters. The Labute approximate surface area is 181 Å². The van der Waals surface area contributed by atoms with Gasteiger partial charge in [-0.2, -0.15) is 0 Å². The first-order chi connectivity index (χ1) is 14.3. The van der Waals surface area contributed by atoms with E-state index in [1.54, 1.807) is 60.7 Å². The zero-order valence-corrected chi connectivity index (χ0v) is 18.1. The number of nitrogens with zero attached hydrogens (tertiary/aromatic N) is 1. The van der Waals surface area contributed by atoms with Gasteiger partial charge in [-0.1, -0.05) is 35.9 Å². The van der Waals surface area contributed by atoms with Crippen molar-refractivity contribution in [3.8, 4) is 5.75 Å². The summed E-state index contributed by atoms with van der Waals surface area (Å²) < 4.78 is 32.8. The first-order valence-electron chi connectivity index (χ1n) is 9.09. The molecule has 3 aromatic rings. The van der Waals surface area contributed by atoms with E-state index in [1.165, 1.54) is 19.2 Å². The molecular weight excluding hydrogens is 424 g/mol. The van der Waals surface area contributed by atoms with E-state index in [0.717, 1.165) is 9.87 Å². The van der Waals surface area contributed by atoms with Gasteiger partial charge in [0.05, 0.1) is 17.7 Å². The maximum Gasteiger partial charge on any atom is 0.264 e. The highest BCUT2D eigenvalue weighted by Crippen LogP contribution is 2.26. The molecular formula is C22H21ClN2O4S. The van der Waals surface area contributed by atoms with Crippen LogP contribution in [0, 0.1) is 6.92 Å². The van der Waals surface area contributed by atoms with Gasteiger partial charge in [0.1, 0.15) is 12.3 Å². The van der Waals surface area contributed by atoms with Crippen LogP contribution in [0.25, 0.3) is 0 Å². The molecule has 0 aliphatic carbocycles. The molecule has 0 spiro atoms. The van der Waals surface area contributed by atoms with Gasteiger partial charge in [-0.15, -0.1) is 0 Å². The average Bonchev–Trinajstić information content (AvgIpc) is 2.75. The lowest BCUT2D eigenvalue weighted by atomic mass is 10.2. The minimum atomic E-state index is -3.97. The van der Waals surface area contributed by atoms with Crippen LogP contribution in [-0.4, -0.2) is 28.0 Å². The SMILES string of the molecule is COc1ccc(N(CC(=O)Nc2cc(Cl)ccc2C)S(=O)(=O)c2ccccc2)cc1. The van der Waals surface area contributed by atoms with E-state index in [-0.39, 0.29) is 4.90 Å². The molecule has 3 aromatic carbocycles. The Morgan fingerprint density at radius 2 is 1.70 bits per heavy atom. The Kier molecular flexibility index (Phi) is 6.64. The zero-order valence-electron chi connectivity index (χ0n) is 16.5. The van der Waals surface area contributed by atoms with Crippen molar-refractivity contribution in [3.05, 3.63) is 83.4 Å². The van der Waals surface area contributed by atoms with Crippen molar-refractivity contribution in [2.75, 3.05) is 23.3 Å². The van der Waals surface area contributed by atoms with Crippen LogP contribution < -0.4 is 14.4 Å². The third kappa shape index (κ3) is 4.93. The maximum atomic E-state index is 13.3. The molecule has 0 aliphatic rings. The maximum absolute atomic E-state index is 13.3. The highest BCUT2D eigenvalue weighted by molar-refractivity contribution is 7.92. The molecule has 1 amide bonds. The number of hydrogen-bond acceptors (Lipinski definition) is 4. The number of methoxy groups -OCH3 is 1. The van der Waals surface area contributed by atoms with Crippen molar-refractivity contribution in [2.45, 2.75) is 11.8 Å². The molecule has 0 atom stereocenters. The Bertz CT molecular complexity index is 1130. The van der Waals surface area contributed by atoms with E-state index < -0.39 is 22.5 Å². The van der Waals surface area contributed by atoms with Crippen LogP contribution in [0.1, 0.15) is 5.56 Å². The lowest BCUT2D eigenvalue weighted by molar-refractivity contribution is -0.114. The highest BCUT2D eigenvalue weighted by Gasteiger charge is 2.27. The molecule has 0 radical (unpaired) electrons. The van der Waals surface area contributed by atoms with Crippen molar-refractivity contribution < 1.29 is 17.9 Å². The minimum absolute atomic E-state index is 0.0903. The second-order valence-corrected chi connectivity index (χ2v) is 8.83. The Morgan fingerprint density at radius 3 is 2.33 bits per heavy atom. The number of sulfonamides is 1. The summed E-state index contributed by atoms with van der Waals surface area (Å²) in [5.74, 6) is 0.0884. The van der Waals surface area contributed by atoms with Crippen LogP contribution in [0.5, 0.6) is 5.75 Å². The van der Waals surface area contributed by atoms with Crippen LogP contribution in [0.2, 0.25) is 5.02 Å². The number of carbonyl (C=O) groups excluding carboxylic acids is 1. The summed E-state index contributed by atoms with van der Waals surface area (Å²) in [6.07, 6.45) is 0. The number of amides is 1. The molecule has 8 heteroatoms. The quantitative estimate of drug-likeness (QED) is 0.582. The summed E-state index contributed by atoms with van der Waals surface area (Å²) in [5, 5.41) is 3.22. The van der Waals surface area contributed by atoms with Crippen LogP contribution in [0.3, 0.4) is 0 Å². The second-order valence-electron chi connectivity index (χ2n) is 6.53. The van der Waals surface area contributed by atoms with Gasteiger partial charge in [0, 0.05) is 10.7 Å². The van der Waals surface area contributed by atoms with E-state index in [2.05, 4.69) is 5.32 Å². The summed E-state index contributed by atoms with van der Waals surface area (Å²) in [6.45, 7) is 1.42. The molecule has 1 N–H and O–H groups in total. The van der Waals surface area contributed by atoms with E-state index in [0.29, 0.717) is 22.1 Å². The smallest absolute Gasteiger partial charge is 0.264 e. The van der Waals surface area contributed by atoms with E-state index in [9.17, 15) is 13.2 Å². The second kappa shape index (κ2) is 9.19. The topological polar surface area (TPSA) is 75.7 Å². The third-order valence-corrected chi connectivity index (χ3v) is 6.48. The van der Waals surface area contributed by atoms with Gasteiger partial charge >= 0.3 is 0 Å². The predicted octanol–water partition coefficient (Wildman–Crippen LogP) is 4.49. The van der Waals surface area contributed by atoms with E-state index in [4.69, 9.17) is 16.3 Å². The summed E-state index contributed by atoms with van der Waals surface area (Å²) in [4.78, 5) is 12.9. The summed E-state index contributed by atoms with van der Waals surface area (Å²) in [5.41, 5.74) is 1.69. The molecule has 0 bridgehead atoms. The van der Waals surface area contributed by atoms with Gasteiger partial charge in [-0.25, -0.2) is 8.42 Å². The van der Waals surface area contributed by atoms with Crippen molar-refractivity contribution >= 4 is 38.9 Å². The first-order valence-corrected chi connectivity index (χ1v) is 10.9. The summed E-state index contributed by atoms with van der Waals surface area (Å²) in [7, 11) is -2.45. The Morgan fingerprint density at radius 1 is 1.03 bits per heavy atom. The number of ether oxygens (including phenoxy) is 1. The molecule has 0 saturated carbocycles. The molecule has 0 saturated heterocycles. The highest BCUT2D eigenvalue weighted by atomic mass is 35.5. The monoisotopic (exact) mass is 444 g/mol. The fourth-order valence-corrected chi connectivity index (χ4v) is 4.45. The Balaban J connectivity index is 1.94. The Hall–Kier alpha value is -3.03. The van der Waals surface area contributed by atoms with Gasteiger partial charge < -0.3 is 10.1 Å². The molecule has 6 nitrogen and oxygen atoms in total. The molecule has 3 rings (SSSR count). The first kappa shape index (κ1) is 21.7. The van der Waals surface area contributed by atoms with Gasteiger partial charge in [-0.3, -0.25) is 9.10 Å². The molecule has 0 aromatic heterocycles. The van der Waals surface area contributed by atoms with Gasteiger partial charge in [0.15, 0.2) is 0 Å². The van der Waals surface area contributed by atoms with E-state index >= 15 is 0 Å². The van der Waals surface area contributed by atoms with Crippen molar-refractivity contribution in [3.63, 3.8) is 0 Å². The number of halogens is 1. The normalized spacial score (nSPS) is 11.0. The lowest BCUT2D eigenvalue weighted by Crippen LogP contribution is -2.38. The fourth-order valence-electron chi connectivity index (χ4n) is 2.83. The number of anilines is 2. The molecule has 0 aliphatic heterocycles. The third-order valence-electron chi connectivity index (χ3n) is 4.45. The molecule has 156 valence electrons. The largest absolute Gasteiger partial charge is 0.497 e. The number of rotatable bonds is 7. The lowest BCUT2D eigenvalue weighted by Gasteiger charge is -2.24. The van der Waals surface area contributed by atoms with E-state index in [1.807, 2.05) is 6.92 Å². The van der Waals surface area contributed by atoms with Gasteiger partial charge in [-0.05, 0) is 61.0 Å². The number of carbonyl (C=O) groups is 1. The van der Waals surface area contributed by atoms with Crippen LogP contribution in [0.4, 0.5) is 11.4 Å². The van der Waals surface area contributed by atoms with Crippen LogP contribution in [0.15, 0.2) is 77.7 Å². The summed E-state index contributed by atoms with van der Waals surface area (Å²) >= 11 is 6.01. The minimum Gasteiger partial charge on any atom is -0.497 e. The van der Waals surface area contributed by atoms with Crippen molar-refractivity contribution in [1.82, 2.24) is 0 Å². The molecule has 0 heterocycles. The summed E-state index contributed by atoms with van der Waals surface area (Å²) in [6, 6.07) is 19.6. The number of aryl methyl sites for hydroxylation is 1. The zero-order chi connectivity index (χ0) is 21.7.